The Morgan fingerprint density at radius 3 is 2.50 bits per heavy atom. The summed E-state index contributed by atoms with van der Waals surface area (Å²) in [6, 6.07) is 0.0958. The van der Waals surface area contributed by atoms with E-state index < -0.39 is 0 Å². The molecule has 1 rings (SSSR count). The largest absolute Gasteiger partial charge is 0.343 e. The standard InChI is InChI=1S/C13H26N2O/c1-4-10(3)9-15(5-2)13(16)8-12(14)11-6-7-11/h10-12H,4-9,14H2,1-3H3. The SMILES string of the molecule is CCC(C)CN(CC)C(=O)CC(N)C1CC1. The highest BCUT2D eigenvalue weighted by atomic mass is 16.2. The topological polar surface area (TPSA) is 46.3 Å². The fourth-order valence-corrected chi connectivity index (χ4v) is 1.93. The van der Waals surface area contributed by atoms with Gasteiger partial charge in [-0.1, -0.05) is 20.3 Å². The zero-order valence-electron chi connectivity index (χ0n) is 10.9. The van der Waals surface area contributed by atoms with Crippen molar-refractivity contribution in [2.75, 3.05) is 13.1 Å². The maximum atomic E-state index is 12.0. The summed E-state index contributed by atoms with van der Waals surface area (Å²) in [5, 5.41) is 0. The van der Waals surface area contributed by atoms with Crippen LogP contribution in [0.4, 0.5) is 0 Å². The van der Waals surface area contributed by atoms with Gasteiger partial charge in [0.25, 0.3) is 0 Å². The van der Waals surface area contributed by atoms with Gasteiger partial charge in [0.15, 0.2) is 0 Å². The van der Waals surface area contributed by atoms with Crippen LogP contribution < -0.4 is 5.73 Å². The van der Waals surface area contributed by atoms with E-state index in [1.165, 1.54) is 12.8 Å². The van der Waals surface area contributed by atoms with E-state index in [-0.39, 0.29) is 11.9 Å². The Labute approximate surface area is 99.4 Å². The molecular formula is C13H26N2O. The summed E-state index contributed by atoms with van der Waals surface area (Å²) in [6.45, 7) is 8.09. The molecule has 0 radical (unpaired) electrons. The van der Waals surface area contributed by atoms with Crippen LogP contribution in [0.2, 0.25) is 0 Å². The molecule has 1 aliphatic rings. The molecule has 3 heteroatoms. The van der Waals surface area contributed by atoms with Crippen molar-refractivity contribution in [2.45, 2.75) is 52.5 Å². The van der Waals surface area contributed by atoms with Crippen molar-refractivity contribution in [3.8, 4) is 0 Å². The first-order valence-corrected chi connectivity index (χ1v) is 6.61. The van der Waals surface area contributed by atoms with Crippen molar-refractivity contribution < 1.29 is 4.79 Å². The Balaban J connectivity index is 2.35. The Kier molecular flexibility index (Phi) is 5.26. The first kappa shape index (κ1) is 13.5. The van der Waals surface area contributed by atoms with E-state index >= 15 is 0 Å². The molecule has 1 amide bonds. The molecule has 0 aliphatic heterocycles. The highest BCUT2D eigenvalue weighted by Gasteiger charge is 2.30. The second kappa shape index (κ2) is 6.24. The number of rotatable bonds is 7. The second-order valence-corrected chi connectivity index (χ2v) is 5.15. The van der Waals surface area contributed by atoms with Gasteiger partial charge in [-0.15, -0.1) is 0 Å². The van der Waals surface area contributed by atoms with Crippen molar-refractivity contribution in [3.63, 3.8) is 0 Å². The summed E-state index contributed by atoms with van der Waals surface area (Å²) in [7, 11) is 0. The highest BCUT2D eigenvalue weighted by Crippen LogP contribution is 2.33. The number of carbonyl (C=O) groups is 1. The Morgan fingerprint density at radius 2 is 2.06 bits per heavy atom. The van der Waals surface area contributed by atoms with Gasteiger partial charge in [0.05, 0.1) is 0 Å². The third kappa shape index (κ3) is 4.12. The normalized spacial score (nSPS) is 19.2. The first-order valence-electron chi connectivity index (χ1n) is 6.61. The fourth-order valence-electron chi connectivity index (χ4n) is 1.93. The first-order chi connectivity index (χ1) is 7.58. The second-order valence-electron chi connectivity index (χ2n) is 5.15. The van der Waals surface area contributed by atoms with Crippen molar-refractivity contribution >= 4 is 5.91 Å². The van der Waals surface area contributed by atoms with E-state index in [2.05, 4.69) is 13.8 Å². The summed E-state index contributed by atoms with van der Waals surface area (Å²) in [5.74, 6) is 1.44. The molecule has 0 aromatic heterocycles. The van der Waals surface area contributed by atoms with Crippen LogP contribution in [0.25, 0.3) is 0 Å². The molecule has 0 spiro atoms. The van der Waals surface area contributed by atoms with Crippen LogP contribution in [0.3, 0.4) is 0 Å². The van der Waals surface area contributed by atoms with Crippen LogP contribution in [-0.4, -0.2) is 29.9 Å². The van der Waals surface area contributed by atoms with Gasteiger partial charge >= 0.3 is 0 Å². The van der Waals surface area contributed by atoms with Crippen LogP contribution in [-0.2, 0) is 4.79 Å². The van der Waals surface area contributed by atoms with Gasteiger partial charge in [-0.05, 0) is 31.6 Å². The maximum Gasteiger partial charge on any atom is 0.224 e. The minimum absolute atomic E-state index is 0.0958. The van der Waals surface area contributed by atoms with E-state index in [1.807, 2.05) is 11.8 Å². The predicted octanol–water partition coefficient (Wildman–Crippen LogP) is 2.01. The van der Waals surface area contributed by atoms with Crippen LogP contribution in [0.15, 0.2) is 0 Å². The smallest absolute Gasteiger partial charge is 0.224 e. The van der Waals surface area contributed by atoms with Crippen molar-refractivity contribution in [1.82, 2.24) is 4.90 Å². The lowest BCUT2D eigenvalue weighted by Crippen LogP contribution is -2.38. The molecule has 0 bridgehead atoms. The van der Waals surface area contributed by atoms with Crippen molar-refractivity contribution in [2.24, 2.45) is 17.6 Å². The minimum atomic E-state index is 0.0958. The van der Waals surface area contributed by atoms with Crippen LogP contribution in [0, 0.1) is 11.8 Å². The van der Waals surface area contributed by atoms with Gasteiger partial charge < -0.3 is 10.6 Å². The average Bonchev–Trinajstić information content (AvgIpc) is 3.08. The number of hydrogen-bond acceptors (Lipinski definition) is 2. The van der Waals surface area contributed by atoms with Crippen LogP contribution >= 0.6 is 0 Å². The lowest BCUT2D eigenvalue weighted by Gasteiger charge is -2.25. The van der Waals surface area contributed by atoms with Gasteiger partial charge in [0, 0.05) is 25.6 Å². The summed E-state index contributed by atoms with van der Waals surface area (Å²) in [6.07, 6.45) is 4.09. The fraction of sp³-hybridized carbons (Fsp3) is 0.923. The molecule has 2 unspecified atom stereocenters. The molecule has 0 heterocycles. The maximum absolute atomic E-state index is 12.0. The molecule has 1 fully saturated rings. The van der Waals surface area contributed by atoms with Gasteiger partial charge in [0.2, 0.25) is 5.91 Å². The third-order valence-corrected chi connectivity index (χ3v) is 3.60. The minimum Gasteiger partial charge on any atom is -0.343 e. The van der Waals surface area contributed by atoms with E-state index in [9.17, 15) is 4.79 Å². The van der Waals surface area contributed by atoms with Gasteiger partial charge in [-0.3, -0.25) is 4.79 Å². The molecule has 3 nitrogen and oxygen atoms in total. The molecule has 0 aromatic carbocycles. The molecule has 94 valence electrons. The van der Waals surface area contributed by atoms with Crippen LogP contribution in [0.1, 0.15) is 46.5 Å². The van der Waals surface area contributed by atoms with E-state index in [0.717, 1.165) is 19.5 Å². The molecular weight excluding hydrogens is 200 g/mol. The molecule has 0 aromatic rings. The zero-order valence-corrected chi connectivity index (χ0v) is 10.9. The Morgan fingerprint density at radius 1 is 1.44 bits per heavy atom. The Hall–Kier alpha value is -0.570. The summed E-state index contributed by atoms with van der Waals surface area (Å²) < 4.78 is 0. The number of nitrogens with zero attached hydrogens (tertiary/aromatic N) is 1. The van der Waals surface area contributed by atoms with Gasteiger partial charge in [0.1, 0.15) is 0 Å². The number of amides is 1. The average molecular weight is 226 g/mol. The summed E-state index contributed by atoms with van der Waals surface area (Å²) in [4.78, 5) is 14.0. The van der Waals surface area contributed by atoms with Crippen molar-refractivity contribution in [1.29, 1.82) is 0 Å². The Bertz CT molecular complexity index is 226. The number of hydrogen-bond donors (Lipinski definition) is 1. The molecule has 16 heavy (non-hydrogen) atoms. The number of carbonyl (C=O) groups excluding carboxylic acids is 1. The predicted molar refractivity (Wildman–Crippen MR) is 67.0 cm³/mol. The molecule has 2 N–H and O–H groups in total. The molecule has 1 aliphatic carbocycles. The van der Waals surface area contributed by atoms with E-state index in [0.29, 0.717) is 18.3 Å². The molecule has 1 saturated carbocycles. The number of nitrogens with two attached hydrogens (primary N) is 1. The highest BCUT2D eigenvalue weighted by molar-refractivity contribution is 5.76. The van der Waals surface area contributed by atoms with Crippen LogP contribution in [0.5, 0.6) is 0 Å². The molecule has 0 saturated heterocycles. The van der Waals surface area contributed by atoms with Gasteiger partial charge in [-0.2, -0.15) is 0 Å². The molecule has 2 atom stereocenters. The quantitative estimate of drug-likeness (QED) is 0.722. The zero-order chi connectivity index (χ0) is 12.1. The summed E-state index contributed by atoms with van der Waals surface area (Å²) in [5.41, 5.74) is 5.99. The van der Waals surface area contributed by atoms with Gasteiger partial charge in [-0.25, -0.2) is 0 Å². The van der Waals surface area contributed by atoms with E-state index in [1.54, 1.807) is 0 Å². The third-order valence-electron chi connectivity index (χ3n) is 3.60. The summed E-state index contributed by atoms with van der Waals surface area (Å²) >= 11 is 0. The monoisotopic (exact) mass is 226 g/mol. The lowest BCUT2D eigenvalue weighted by molar-refractivity contribution is -0.132. The van der Waals surface area contributed by atoms with Crippen molar-refractivity contribution in [3.05, 3.63) is 0 Å². The van der Waals surface area contributed by atoms with E-state index in [4.69, 9.17) is 5.73 Å². The lowest BCUT2D eigenvalue weighted by atomic mass is 10.1.